The van der Waals surface area contributed by atoms with E-state index < -0.39 is 11.8 Å². The molecule has 0 aliphatic carbocycles. The van der Waals surface area contributed by atoms with Gasteiger partial charge in [-0.25, -0.2) is 5.01 Å². The Morgan fingerprint density at radius 1 is 0.969 bits per heavy atom. The molecule has 0 aromatic heterocycles. The van der Waals surface area contributed by atoms with Crippen molar-refractivity contribution in [3.8, 4) is 5.75 Å². The Balaban J connectivity index is 1.56. The molecule has 3 aromatic rings. The molecule has 0 radical (unpaired) electrons. The zero-order chi connectivity index (χ0) is 22.8. The normalized spacial score (nSPS) is 14.8. The zero-order valence-corrected chi connectivity index (χ0v) is 20.9. The Morgan fingerprint density at radius 2 is 1.66 bits per heavy atom. The topological polar surface area (TPSA) is 58.6 Å². The van der Waals surface area contributed by atoms with E-state index in [-0.39, 0.29) is 22.2 Å². The number of carbonyl (C=O) groups excluding carboxylic acids is 2. The first-order chi connectivity index (χ1) is 15.3. The maximum absolute atomic E-state index is 12.7. The number of para-hydroxylation sites is 1. The largest absolute Gasteiger partial charge is 0.486 e. The summed E-state index contributed by atoms with van der Waals surface area (Å²) in [5.41, 5.74) is 4.52. The Labute approximate surface area is 211 Å². The third kappa shape index (κ3) is 4.86. The van der Waals surface area contributed by atoms with Gasteiger partial charge in [0.15, 0.2) is 5.75 Å². The molecule has 32 heavy (non-hydrogen) atoms. The fraction of sp³-hybridized carbons (Fsp3) is 0.0435. The predicted octanol–water partition coefficient (Wildman–Crippen LogP) is 6.56. The fourth-order valence-corrected chi connectivity index (χ4v) is 4.85. The summed E-state index contributed by atoms with van der Waals surface area (Å²) in [5.74, 6) is -0.654. The van der Waals surface area contributed by atoms with Crippen LogP contribution in [-0.4, -0.2) is 11.8 Å². The number of ether oxygens (including phenoxy) is 1. The van der Waals surface area contributed by atoms with Gasteiger partial charge >= 0.3 is 0 Å². The molecule has 1 aliphatic heterocycles. The summed E-state index contributed by atoms with van der Waals surface area (Å²) in [7, 11) is 0. The molecule has 162 valence electrons. The van der Waals surface area contributed by atoms with E-state index in [2.05, 4.69) is 37.3 Å². The van der Waals surface area contributed by atoms with Gasteiger partial charge in [0.1, 0.15) is 12.2 Å². The number of anilines is 1. The van der Waals surface area contributed by atoms with Gasteiger partial charge in [0, 0.05) is 14.5 Å². The minimum absolute atomic E-state index is 0.0200. The molecule has 1 aliphatic rings. The van der Waals surface area contributed by atoms with Crippen molar-refractivity contribution in [2.45, 2.75) is 6.61 Å². The van der Waals surface area contributed by atoms with Crippen molar-refractivity contribution in [3.63, 3.8) is 0 Å². The standard InChI is InChI=1S/C23H14Br2Cl2N2O3/c24-15-7-6-14(18(25)11-15)12-32-21-19(26)9-13(10-20(21)27)8-17-22(30)28-29(23(17)31)16-4-2-1-3-5-16/h1-11H,12H2,(H,28,30)/b17-8-. The van der Waals surface area contributed by atoms with Crippen LogP contribution in [0.3, 0.4) is 0 Å². The molecule has 9 heteroatoms. The molecule has 0 spiro atoms. The molecular weight excluding hydrogens is 583 g/mol. The van der Waals surface area contributed by atoms with Gasteiger partial charge in [-0.1, -0.05) is 79.3 Å². The molecule has 2 amide bonds. The van der Waals surface area contributed by atoms with Gasteiger partial charge in [-0.3, -0.25) is 15.0 Å². The zero-order valence-electron chi connectivity index (χ0n) is 16.2. The quantitative estimate of drug-likeness (QED) is 0.268. The Hall–Kier alpha value is -2.32. The second-order valence-electron chi connectivity index (χ2n) is 6.81. The fourth-order valence-electron chi connectivity index (χ4n) is 3.07. The molecule has 0 bridgehead atoms. The number of amides is 2. The SMILES string of the molecule is O=C1NN(c2ccccc2)C(=O)/C1=C\c1cc(Cl)c(OCc2ccc(Br)cc2Br)c(Cl)c1. The van der Waals surface area contributed by atoms with Crippen molar-refractivity contribution in [1.29, 1.82) is 0 Å². The van der Waals surface area contributed by atoms with Crippen LogP contribution in [0, 0.1) is 0 Å². The summed E-state index contributed by atoms with van der Waals surface area (Å²) in [5, 5.41) is 1.73. The lowest BCUT2D eigenvalue weighted by Gasteiger charge is -2.14. The van der Waals surface area contributed by atoms with Crippen molar-refractivity contribution >= 4 is 78.6 Å². The third-order valence-electron chi connectivity index (χ3n) is 4.62. The number of halogens is 4. The van der Waals surface area contributed by atoms with E-state index in [0.29, 0.717) is 17.0 Å². The van der Waals surface area contributed by atoms with E-state index in [9.17, 15) is 9.59 Å². The molecule has 1 heterocycles. The molecular formula is C23H14Br2Cl2N2O3. The van der Waals surface area contributed by atoms with Crippen molar-refractivity contribution < 1.29 is 14.3 Å². The van der Waals surface area contributed by atoms with Gasteiger partial charge in [-0.2, -0.15) is 0 Å². The van der Waals surface area contributed by atoms with Crippen LogP contribution in [0.5, 0.6) is 5.75 Å². The number of nitrogens with zero attached hydrogens (tertiary/aromatic N) is 1. The lowest BCUT2D eigenvalue weighted by molar-refractivity contribution is -0.117. The summed E-state index contributed by atoms with van der Waals surface area (Å²) in [6.45, 7) is 0.251. The van der Waals surface area contributed by atoms with Crippen LogP contribution >= 0.6 is 55.1 Å². The van der Waals surface area contributed by atoms with Gasteiger partial charge in [-0.15, -0.1) is 0 Å². The molecule has 0 unspecified atom stereocenters. The minimum atomic E-state index is -0.508. The first-order valence-electron chi connectivity index (χ1n) is 9.31. The maximum atomic E-state index is 12.7. The van der Waals surface area contributed by atoms with Gasteiger partial charge in [-0.05, 0) is 48.0 Å². The molecule has 3 aromatic carbocycles. The van der Waals surface area contributed by atoms with Crippen molar-refractivity contribution in [2.75, 3.05) is 5.01 Å². The number of carbonyl (C=O) groups is 2. The summed E-state index contributed by atoms with van der Waals surface area (Å²) < 4.78 is 7.66. The molecule has 5 nitrogen and oxygen atoms in total. The van der Waals surface area contributed by atoms with Gasteiger partial charge in [0.05, 0.1) is 15.7 Å². The average Bonchev–Trinajstić information content (AvgIpc) is 3.03. The summed E-state index contributed by atoms with van der Waals surface area (Å²) in [6, 6.07) is 17.8. The summed E-state index contributed by atoms with van der Waals surface area (Å²) >= 11 is 19.7. The van der Waals surface area contributed by atoms with Crippen molar-refractivity contribution in [3.05, 3.63) is 96.4 Å². The number of rotatable bonds is 5. The number of nitrogens with one attached hydrogen (secondary N) is 1. The van der Waals surface area contributed by atoms with E-state index in [1.165, 1.54) is 11.1 Å². The lowest BCUT2D eigenvalue weighted by atomic mass is 10.1. The van der Waals surface area contributed by atoms with Crippen LogP contribution in [0.4, 0.5) is 5.69 Å². The van der Waals surface area contributed by atoms with Crippen LogP contribution in [-0.2, 0) is 16.2 Å². The third-order valence-corrected chi connectivity index (χ3v) is 6.42. The summed E-state index contributed by atoms with van der Waals surface area (Å²) in [4.78, 5) is 25.1. The molecule has 0 atom stereocenters. The van der Waals surface area contributed by atoms with Gasteiger partial charge < -0.3 is 4.74 Å². The minimum Gasteiger partial charge on any atom is -0.486 e. The summed E-state index contributed by atoms with van der Waals surface area (Å²) in [6.07, 6.45) is 1.45. The number of benzene rings is 3. The van der Waals surface area contributed by atoms with Crippen LogP contribution in [0.2, 0.25) is 10.0 Å². The van der Waals surface area contributed by atoms with Crippen molar-refractivity contribution in [2.24, 2.45) is 0 Å². The van der Waals surface area contributed by atoms with E-state index >= 15 is 0 Å². The van der Waals surface area contributed by atoms with Crippen LogP contribution in [0.1, 0.15) is 11.1 Å². The van der Waals surface area contributed by atoms with E-state index in [0.717, 1.165) is 14.5 Å². The van der Waals surface area contributed by atoms with Gasteiger partial charge in [0.2, 0.25) is 0 Å². The molecule has 1 saturated heterocycles. The van der Waals surface area contributed by atoms with Crippen LogP contribution in [0.25, 0.3) is 6.08 Å². The highest BCUT2D eigenvalue weighted by molar-refractivity contribution is 9.11. The molecule has 4 rings (SSSR count). The van der Waals surface area contributed by atoms with Crippen LogP contribution < -0.4 is 15.2 Å². The van der Waals surface area contributed by atoms with E-state index in [1.54, 1.807) is 36.4 Å². The average molecular weight is 597 g/mol. The van der Waals surface area contributed by atoms with Gasteiger partial charge in [0.25, 0.3) is 11.8 Å². The highest BCUT2D eigenvalue weighted by atomic mass is 79.9. The second kappa shape index (κ2) is 9.67. The smallest absolute Gasteiger partial charge is 0.282 e. The molecule has 1 N–H and O–H groups in total. The highest BCUT2D eigenvalue weighted by Crippen LogP contribution is 2.36. The number of hydrogen-bond donors (Lipinski definition) is 1. The highest BCUT2D eigenvalue weighted by Gasteiger charge is 2.34. The first-order valence-corrected chi connectivity index (χ1v) is 11.7. The molecule has 0 saturated carbocycles. The molecule has 1 fully saturated rings. The van der Waals surface area contributed by atoms with E-state index in [1.807, 2.05) is 24.3 Å². The lowest BCUT2D eigenvalue weighted by Crippen LogP contribution is -2.35. The van der Waals surface area contributed by atoms with Crippen LogP contribution in [0.15, 0.2) is 75.2 Å². The Kier molecular flexibility index (Phi) is 6.90. The Morgan fingerprint density at radius 3 is 2.31 bits per heavy atom. The Bertz CT molecular complexity index is 1230. The van der Waals surface area contributed by atoms with Crippen molar-refractivity contribution in [1.82, 2.24) is 5.43 Å². The maximum Gasteiger partial charge on any atom is 0.282 e. The monoisotopic (exact) mass is 594 g/mol. The number of hydrogen-bond acceptors (Lipinski definition) is 3. The second-order valence-corrected chi connectivity index (χ2v) is 9.40. The first kappa shape index (κ1) is 22.9. The van der Waals surface area contributed by atoms with E-state index in [4.69, 9.17) is 27.9 Å². The predicted molar refractivity (Wildman–Crippen MR) is 133 cm³/mol. The number of hydrazine groups is 1.